The minimum atomic E-state index is -3.71. The molecular weight excluding hydrogens is 319 g/mol. The maximum atomic E-state index is 11.9. The minimum Gasteiger partial charge on any atom is -0.200 e. The monoisotopic (exact) mass is 328 g/mol. The first-order chi connectivity index (χ1) is 9.49. The van der Waals surface area contributed by atoms with E-state index < -0.39 is 10.0 Å². The van der Waals surface area contributed by atoms with Gasteiger partial charge in [-0.1, -0.05) is 41.4 Å². The van der Waals surface area contributed by atoms with Crippen molar-refractivity contribution in [1.82, 2.24) is 4.83 Å². The number of nitrogens with one attached hydrogen (secondary N) is 1. The molecule has 104 valence electrons. The number of halogens is 2. The van der Waals surface area contributed by atoms with E-state index >= 15 is 0 Å². The molecule has 0 heterocycles. The van der Waals surface area contributed by atoms with Crippen molar-refractivity contribution in [2.45, 2.75) is 4.90 Å². The molecule has 2 aromatic rings. The van der Waals surface area contributed by atoms with Crippen LogP contribution in [-0.4, -0.2) is 14.6 Å². The average molecular weight is 329 g/mol. The number of sulfonamides is 1. The molecular formula is C13H10Cl2N2O2S. The Labute approximate surface area is 127 Å². The van der Waals surface area contributed by atoms with E-state index in [1.807, 2.05) is 0 Å². The van der Waals surface area contributed by atoms with Crippen LogP contribution < -0.4 is 4.83 Å². The van der Waals surface area contributed by atoms with Crippen LogP contribution in [0.4, 0.5) is 0 Å². The van der Waals surface area contributed by atoms with Gasteiger partial charge in [0.1, 0.15) is 0 Å². The highest BCUT2D eigenvalue weighted by atomic mass is 35.5. The molecule has 0 unspecified atom stereocenters. The van der Waals surface area contributed by atoms with Gasteiger partial charge < -0.3 is 0 Å². The van der Waals surface area contributed by atoms with Crippen LogP contribution in [-0.2, 0) is 10.0 Å². The average Bonchev–Trinajstić information content (AvgIpc) is 2.41. The predicted octanol–water partition coefficient (Wildman–Crippen LogP) is 3.31. The van der Waals surface area contributed by atoms with Crippen molar-refractivity contribution in [3.63, 3.8) is 0 Å². The molecule has 0 atom stereocenters. The first kappa shape index (κ1) is 14.8. The lowest BCUT2D eigenvalue weighted by atomic mass is 10.2. The zero-order valence-corrected chi connectivity index (χ0v) is 12.5. The van der Waals surface area contributed by atoms with Gasteiger partial charge in [-0.25, -0.2) is 4.83 Å². The van der Waals surface area contributed by atoms with Gasteiger partial charge >= 0.3 is 0 Å². The van der Waals surface area contributed by atoms with E-state index in [1.54, 1.807) is 24.3 Å². The Bertz CT molecular complexity index is 728. The van der Waals surface area contributed by atoms with E-state index in [9.17, 15) is 8.42 Å². The summed E-state index contributed by atoms with van der Waals surface area (Å²) in [4.78, 5) is 2.19. The van der Waals surface area contributed by atoms with E-state index in [0.29, 0.717) is 15.6 Å². The third-order valence-corrected chi connectivity index (χ3v) is 4.24. The molecule has 0 amide bonds. The SMILES string of the molecule is O=S(=O)(N/N=C\c1ccccc1Cl)c1ccc(Cl)cc1. The van der Waals surface area contributed by atoms with Crippen LogP contribution in [0.15, 0.2) is 58.5 Å². The fourth-order valence-corrected chi connectivity index (χ4v) is 2.51. The fraction of sp³-hybridized carbons (Fsp3) is 0. The second kappa shape index (κ2) is 6.26. The van der Waals surface area contributed by atoms with Crippen LogP contribution in [0.2, 0.25) is 10.0 Å². The predicted molar refractivity (Wildman–Crippen MR) is 80.8 cm³/mol. The summed E-state index contributed by atoms with van der Waals surface area (Å²) in [6, 6.07) is 12.8. The summed E-state index contributed by atoms with van der Waals surface area (Å²) in [5.74, 6) is 0. The normalized spacial score (nSPS) is 11.7. The van der Waals surface area contributed by atoms with E-state index in [0.717, 1.165) is 0 Å². The molecule has 20 heavy (non-hydrogen) atoms. The van der Waals surface area contributed by atoms with Crippen LogP contribution >= 0.6 is 23.2 Å². The van der Waals surface area contributed by atoms with E-state index in [2.05, 4.69) is 9.93 Å². The lowest BCUT2D eigenvalue weighted by Crippen LogP contribution is -2.18. The van der Waals surface area contributed by atoms with Crippen LogP contribution in [0, 0.1) is 0 Å². The second-order valence-corrected chi connectivity index (χ2v) is 6.33. The molecule has 0 radical (unpaired) electrons. The summed E-state index contributed by atoms with van der Waals surface area (Å²) in [5.41, 5.74) is 0.618. The lowest BCUT2D eigenvalue weighted by molar-refractivity contribution is 0.584. The standard InChI is InChI=1S/C13H10Cl2N2O2S/c14-11-5-7-12(8-6-11)20(18,19)17-16-9-10-3-1-2-4-13(10)15/h1-9,17H/b16-9-. The Balaban J connectivity index is 2.14. The highest BCUT2D eigenvalue weighted by Gasteiger charge is 2.11. The smallest absolute Gasteiger partial charge is 0.200 e. The molecule has 0 aromatic heterocycles. The third kappa shape index (κ3) is 3.72. The quantitative estimate of drug-likeness (QED) is 0.691. The van der Waals surface area contributed by atoms with Gasteiger partial charge in [0.05, 0.1) is 11.1 Å². The number of hydrazone groups is 1. The summed E-state index contributed by atoms with van der Waals surface area (Å²) in [6.07, 6.45) is 1.34. The van der Waals surface area contributed by atoms with Gasteiger partial charge in [0.15, 0.2) is 0 Å². The van der Waals surface area contributed by atoms with Crippen LogP contribution in [0.3, 0.4) is 0 Å². The van der Waals surface area contributed by atoms with Gasteiger partial charge in [0.25, 0.3) is 10.0 Å². The first-order valence-electron chi connectivity index (χ1n) is 5.54. The molecule has 0 fully saturated rings. The Morgan fingerprint density at radius 1 is 1.00 bits per heavy atom. The first-order valence-corrected chi connectivity index (χ1v) is 7.78. The van der Waals surface area contributed by atoms with E-state index in [4.69, 9.17) is 23.2 Å². The molecule has 2 rings (SSSR count). The van der Waals surface area contributed by atoms with Crippen molar-refractivity contribution >= 4 is 39.4 Å². The number of benzene rings is 2. The summed E-state index contributed by atoms with van der Waals surface area (Å²) in [5, 5.41) is 4.64. The van der Waals surface area contributed by atoms with Gasteiger partial charge in [-0.2, -0.15) is 13.5 Å². The van der Waals surface area contributed by atoms with Gasteiger partial charge in [0.2, 0.25) is 0 Å². The van der Waals surface area contributed by atoms with Gasteiger partial charge in [-0.3, -0.25) is 0 Å². The number of nitrogens with zero attached hydrogens (tertiary/aromatic N) is 1. The molecule has 0 bridgehead atoms. The molecule has 0 spiro atoms. The maximum absolute atomic E-state index is 11.9. The van der Waals surface area contributed by atoms with Crippen molar-refractivity contribution in [2.24, 2.45) is 5.10 Å². The van der Waals surface area contributed by atoms with Crippen molar-refractivity contribution in [1.29, 1.82) is 0 Å². The van der Waals surface area contributed by atoms with Crippen LogP contribution in [0.25, 0.3) is 0 Å². The van der Waals surface area contributed by atoms with Gasteiger partial charge in [-0.15, -0.1) is 0 Å². The lowest BCUT2D eigenvalue weighted by Gasteiger charge is -2.03. The Morgan fingerprint density at radius 2 is 1.65 bits per heavy atom. The zero-order chi connectivity index (χ0) is 14.6. The summed E-state index contributed by atoms with van der Waals surface area (Å²) in [7, 11) is -3.71. The highest BCUT2D eigenvalue weighted by Crippen LogP contribution is 2.14. The largest absolute Gasteiger partial charge is 0.276 e. The molecule has 0 saturated carbocycles. The number of hydrogen-bond donors (Lipinski definition) is 1. The number of hydrogen-bond acceptors (Lipinski definition) is 3. The number of rotatable bonds is 4. The summed E-state index contributed by atoms with van der Waals surface area (Å²) >= 11 is 11.6. The van der Waals surface area contributed by atoms with E-state index in [-0.39, 0.29) is 4.90 Å². The second-order valence-electron chi connectivity index (χ2n) is 3.83. The van der Waals surface area contributed by atoms with Crippen molar-refractivity contribution < 1.29 is 8.42 Å². The maximum Gasteiger partial charge on any atom is 0.276 e. The minimum absolute atomic E-state index is 0.0817. The Hall–Kier alpha value is -1.56. The molecule has 7 heteroatoms. The van der Waals surface area contributed by atoms with Crippen molar-refractivity contribution in [2.75, 3.05) is 0 Å². The van der Waals surface area contributed by atoms with E-state index in [1.165, 1.54) is 30.5 Å². The molecule has 4 nitrogen and oxygen atoms in total. The summed E-state index contributed by atoms with van der Waals surface area (Å²) in [6.45, 7) is 0. The Kier molecular flexibility index (Phi) is 4.65. The fourth-order valence-electron chi connectivity index (χ4n) is 1.41. The van der Waals surface area contributed by atoms with Crippen LogP contribution in [0.5, 0.6) is 0 Å². The molecule has 2 aromatic carbocycles. The third-order valence-electron chi connectivity index (χ3n) is 2.41. The van der Waals surface area contributed by atoms with Gasteiger partial charge in [-0.05, 0) is 30.3 Å². The molecule has 0 aliphatic rings. The van der Waals surface area contributed by atoms with Crippen LogP contribution in [0.1, 0.15) is 5.56 Å². The van der Waals surface area contributed by atoms with Crippen molar-refractivity contribution in [3.05, 3.63) is 64.1 Å². The molecule has 0 aliphatic carbocycles. The Morgan fingerprint density at radius 3 is 2.30 bits per heavy atom. The van der Waals surface area contributed by atoms with Crippen molar-refractivity contribution in [3.8, 4) is 0 Å². The molecule has 0 aliphatic heterocycles. The molecule has 1 N–H and O–H groups in total. The highest BCUT2D eigenvalue weighted by molar-refractivity contribution is 7.89. The topological polar surface area (TPSA) is 58.5 Å². The van der Waals surface area contributed by atoms with Gasteiger partial charge in [0, 0.05) is 15.6 Å². The summed E-state index contributed by atoms with van der Waals surface area (Å²) < 4.78 is 23.8. The molecule has 0 saturated heterocycles. The zero-order valence-electron chi connectivity index (χ0n) is 10.1.